The first-order chi connectivity index (χ1) is 10.2. The molecule has 3 heteroatoms. The Hall–Kier alpha value is -2.94. The van der Waals surface area contributed by atoms with Gasteiger partial charge in [0.2, 0.25) is 0 Å². The predicted octanol–water partition coefficient (Wildman–Crippen LogP) is 3.89. The lowest BCUT2D eigenvalue weighted by molar-refractivity contribution is 0.0391. The van der Waals surface area contributed by atoms with Crippen LogP contribution in [0.5, 0.6) is 0 Å². The summed E-state index contributed by atoms with van der Waals surface area (Å²) in [4.78, 5) is 24.1. The van der Waals surface area contributed by atoms with Crippen molar-refractivity contribution in [3.8, 4) is 0 Å². The SMILES string of the molecule is O=C1OC(=O)c2cc3cccc4ccc5ccc1c2c5c43. The maximum Gasteiger partial charge on any atom is 0.346 e. The van der Waals surface area contributed by atoms with Crippen LogP contribution in [0.1, 0.15) is 20.7 Å². The van der Waals surface area contributed by atoms with Gasteiger partial charge in [0.15, 0.2) is 0 Å². The molecule has 4 aromatic carbocycles. The highest BCUT2D eigenvalue weighted by Gasteiger charge is 2.29. The molecule has 1 heterocycles. The van der Waals surface area contributed by atoms with Crippen molar-refractivity contribution in [3.05, 3.63) is 59.7 Å². The van der Waals surface area contributed by atoms with E-state index in [4.69, 9.17) is 4.74 Å². The van der Waals surface area contributed by atoms with Crippen LogP contribution in [-0.2, 0) is 4.74 Å². The van der Waals surface area contributed by atoms with E-state index in [0.29, 0.717) is 11.1 Å². The van der Waals surface area contributed by atoms with Gasteiger partial charge in [-0.1, -0.05) is 36.4 Å². The number of esters is 2. The van der Waals surface area contributed by atoms with Gasteiger partial charge in [0, 0.05) is 5.39 Å². The van der Waals surface area contributed by atoms with Crippen LogP contribution in [0, 0.1) is 0 Å². The summed E-state index contributed by atoms with van der Waals surface area (Å²) in [7, 11) is 0. The highest BCUT2D eigenvalue weighted by Crippen LogP contribution is 2.40. The number of benzene rings is 4. The van der Waals surface area contributed by atoms with Gasteiger partial charge in [-0.05, 0) is 39.1 Å². The van der Waals surface area contributed by atoms with E-state index in [2.05, 4.69) is 6.07 Å². The van der Waals surface area contributed by atoms with E-state index in [1.54, 1.807) is 6.07 Å². The lowest BCUT2D eigenvalue weighted by Crippen LogP contribution is -2.19. The number of hydrogen-bond acceptors (Lipinski definition) is 3. The van der Waals surface area contributed by atoms with Gasteiger partial charge in [0.25, 0.3) is 0 Å². The Morgan fingerprint density at radius 3 is 2.14 bits per heavy atom. The average molecular weight is 272 g/mol. The Bertz CT molecular complexity index is 1090. The van der Waals surface area contributed by atoms with Gasteiger partial charge in [-0.25, -0.2) is 9.59 Å². The van der Waals surface area contributed by atoms with Crippen molar-refractivity contribution >= 4 is 44.3 Å². The first-order valence-electron chi connectivity index (χ1n) is 6.71. The van der Waals surface area contributed by atoms with Crippen molar-refractivity contribution in [2.75, 3.05) is 0 Å². The molecule has 0 saturated heterocycles. The third-order valence-corrected chi connectivity index (χ3v) is 4.25. The summed E-state index contributed by atoms with van der Waals surface area (Å²) in [6.07, 6.45) is 0. The maximum atomic E-state index is 12.1. The number of rotatable bonds is 0. The van der Waals surface area contributed by atoms with Crippen molar-refractivity contribution in [1.82, 2.24) is 0 Å². The topological polar surface area (TPSA) is 43.4 Å². The number of hydrogen-bond donors (Lipinski definition) is 0. The standard InChI is InChI=1S/C18H8O3/c19-17-12-7-6-10-5-4-9-2-1-3-11-8-13(18(20)21-17)16(12)15(10)14(9)11/h1-8H. The minimum absolute atomic E-state index is 0.468. The summed E-state index contributed by atoms with van der Waals surface area (Å²) >= 11 is 0. The van der Waals surface area contributed by atoms with E-state index in [9.17, 15) is 9.59 Å². The van der Waals surface area contributed by atoms with Crippen LogP contribution in [0.2, 0.25) is 0 Å². The fourth-order valence-electron chi connectivity index (χ4n) is 3.38. The fourth-order valence-corrected chi connectivity index (χ4v) is 3.38. The molecule has 0 aliphatic carbocycles. The van der Waals surface area contributed by atoms with Gasteiger partial charge >= 0.3 is 11.9 Å². The van der Waals surface area contributed by atoms with E-state index < -0.39 is 11.9 Å². The maximum absolute atomic E-state index is 12.1. The monoisotopic (exact) mass is 272 g/mol. The number of carbonyl (C=O) groups excluding carboxylic acids is 2. The molecule has 0 saturated carbocycles. The second-order valence-corrected chi connectivity index (χ2v) is 5.33. The van der Waals surface area contributed by atoms with Crippen LogP contribution < -0.4 is 0 Å². The molecule has 21 heavy (non-hydrogen) atoms. The summed E-state index contributed by atoms with van der Waals surface area (Å²) in [6.45, 7) is 0. The van der Waals surface area contributed by atoms with E-state index >= 15 is 0 Å². The van der Waals surface area contributed by atoms with Crippen LogP contribution in [0.25, 0.3) is 32.3 Å². The van der Waals surface area contributed by atoms with Gasteiger partial charge in [0.1, 0.15) is 0 Å². The molecule has 0 bridgehead atoms. The lowest BCUT2D eigenvalue weighted by Gasteiger charge is -2.19. The van der Waals surface area contributed by atoms with E-state index in [-0.39, 0.29) is 0 Å². The Labute approximate surface area is 119 Å². The third kappa shape index (κ3) is 1.19. The average Bonchev–Trinajstić information content (AvgIpc) is 2.50. The van der Waals surface area contributed by atoms with Crippen molar-refractivity contribution in [1.29, 1.82) is 0 Å². The molecule has 1 aliphatic heterocycles. The molecule has 0 N–H and O–H groups in total. The Kier molecular flexibility index (Phi) is 1.74. The first kappa shape index (κ1) is 10.8. The van der Waals surface area contributed by atoms with Crippen molar-refractivity contribution in [3.63, 3.8) is 0 Å². The molecule has 0 aromatic heterocycles. The Balaban J connectivity index is 2.22. The molecule has 1 aliphatic rings. The van der Waals surface area contributed by atoms with Gasteiger partial charge in [0.05, 0.1) is 11.1 Å². The van der Waals surface area contributed by atoms with Crippen LogP contribution in [0.3, 0.4) is 0 Å². The molecule has 0 radical (unpaired) electrons. The molecular formula is C18H8O3. The van der Waals surface area contributed by atoms with E-state index in [0.717, 1.165) is 32.3 Å². The molecule has 0 unspecified atom stereocenters. The largest absolute Gasteiger partial charge is 0.386 e. The number of carbonyl (C=O) groups is 2. The van der Waals surface area contributed by atoms with Crippen LogP contribution in [-0.4, -0.2) is 11.9 Å². The minimum atomic E-state index is -0.564. The molecule has 98 valence electrons. The fraction of sp³-hybridized carbons (Fsp3) is 0. The molecule has 4 aromatic rings. The Morgan fingerprint density at radius 2 is 1.29 bits per heavy atom. The van der Waals surface area contributed by atoms with Gasteiger partial charge in [-0.3, -0.25) is 0 Å². The second-order valence-electron chi connectivity index (χ2n) is 5.33. The molecule has 0 amide bonds. The first-order valence-corrected chi connectivity index (χ1v) is 6.71. The zero-order valence-corrected chi connectivity index (χ0v) is 10.8. The summed E-state index contributed by atoms with van der Waals surface area (Å²) in [5, 5.41) is 5.92. The Morgan fingerprint density at radius 1 is 0.619 bits per heavy atom. The predicted molar refractivity (Wildman–Crippen MR) is 79.9 cm³/mol. The van der Waals surface area contributed by atoms with Crippen LogP contribution in [0.15, 0.2) is 48.5 Å². The normalized spacial score (nSPS) is 14.3. The van der Waals surface area contributed by atoms with Crippen LogP contribution >= 0.6 is 0 Å². The molecular weight excluding hydrogens is 264 g/mol. The summed E-state index contributed by atoms with van der Waals surface area (Å²) in [6, 6.07) is 15.5. The zero-order chi connectivity index (χ0) is 14.1. The minimum Gasteiger partial charge on any atom is -0.386 e. The second kappa shape index (κ2) is 3.38. The van der Waals surface area contributed by atoms with Gasteiger partial charge in [-0.15, -0.1) is 0 Å². The van der Waals surface area contributed by atoms with Gasteiger partial charge in [-0.2, -0.15) is 0 Å². The van der Waals surface area contributed by atoms with E-state index in [1.165, 1.54) is 0 Å². The summed E-state index contributed by atoms with van der Waals surface area (Å²) < 4.78 is 4.84. The molecule has 0 atom stereocenters. The summed E-state index contributed by atoms with van der Waals surface area (Å²) in [5.41, 5.74) is 0.941. The third-order valence-electron chi connectivity index (χ3n) is 4.25. The number of ether oxygens (including phenoxy) is 1. The molecule has 0 fully saturated rings. The van der Waals surface area contributed by atoms with Gasteiger partial charge < -0.3 is 4.74 Å². The smallest absolute Gasteiger partial charge is 0.346 e. The number of cyclic esters (lactones) is 2. The highest BCUT2D eigenvalue weighted by atomic mass is 16.6. The quantitative estimate of drug-likeness (QED) is 0.277. The van der Waals surface area contributed by atoms with Crippen molar-refractivity contribution < 1.29 is 14.3 Å². The molecule has 5 rings (SSSR count). The van der Waals surface area contributed by atoms with Crippen molar-refractivity contribution in [2.45, 2.75) is 0 Å². The zero-order valence-electron chi connectivity index (χ0n) is 10.8. The van der Waals surface area contributed by atoms with E-state index in [1.807, 2.05) is 36.4 Å². The van der Waals surface area contributed by atoms with Crippen molar-refractivity contribution in [2.24, 2.45) is 0 Å². The molecule has 3 nitrogen and oxygen atoms in total. The lowest BCUT2D eigenvalue weighted by atomic mass is 9.88. The highest BCUT2D eigenvalue weighted by molar-refractivity contribution is 6.32. The summed E-state index contributed by atoms with van der Waals surface area (Å²) in [5.74, 6) is -1.13. The molecule has 0 spiro atoms. The van der Waals surface area contributed by atoms with Crippen LogP contribution in [0.4, 0.5) is 0 Å².